The number of hydrogen-bond acceptors (Lipinski definition) is 0. The van der Waals surface area contributed by atoms with Crippen molar-refractivity contribution in [2.75, 3.05) is 0 Å². The fourth-order valence-corrected chi connectivity index (χ4v) is 2.09. The van der Waals surface area contributed by atoms with E-state index in [-0.39, 0.29) is 0 Å². The van der Waals surface area contributed by atoms with E-state index in [4.69, 9.17) is 0 Å². The lowest BCUT2D eigenvalue weighted by molar-refractivity contribution is 0.649. The van der Waals surface area contributed by atoms with Crippen molar-refractivity contribution >= 4 is 0 Å². The molecule has 0 aliphatic carbocycles. The summed E-state index contributed by atoms with van der Waals surface area (Å²) in [7, 11) is 0. The molecule has 0 saturated heterocycles. The summed E-state index contributed by atoms with van der Waals surface area (Å²) in [6, 6.07) is 0. The van der Waals surface area contributed by atoms with Gasteiger partial charge in [0.2, 0.25) is 0 Å². The highest BCUT2D eigenvalue weighted by Gasteiger charge is 1.88. The molecule has 0 rings (SSSR count). The van der Waals surface area contributed by atoms with Crippen molar-refractivity contribution in [1.29, 1.82) is 0 Å². The van der Waals surface area contributed by atoms with Gasteiger partial charge in [-0.25, -0.2) is 0 Å². The zero-order chi connectivity index (χ0) is 13.3. The minimum Gasteiger partial charge on any atom is -0.0888 e. The first-order valence-electron chi connectivity index (χ1n) is 8.21. The normalized spacial score (nSPS) is 11.9. The molecule has 0 N–H and O–H groups in total. The molecule has 0 spiro atoms. The molecule has 0 heteroatoms. The molecule has 0 saturated carbocycles. The minimum absolute atomic E-state index is 1.18. The molecular weight excluding hydrogens is 216 g/mol. The van der Waals surface area contributed by atoms with Crippen molar-refractivity contribution in [3.8, 4) is 0 Å². The summed E-state index contributed by atoms with van der Waals surface area (Å²) in [5.74, 6) is 0. The van der Waals surface area contributed by atoms with Gasteiger partial charge in [-0.05, 0) is 44.9 Å². The topological polar surface area (TPSA) is 0 Å². The molecule has 0 heterocycles. The molecule has 0 aliphatic rings. The number of hydrogen-bond donors (Lipinski definition) is 0. The van der Waals surface area contributed by atoms with Crippen LogP contribution in [-0.2, 0) is 0 Å². The molecule has 0 unspecified atom stereocenters. The molecule has 0 bridgehead atoms. The molecule has 18 heavy (non-hydrogen) atoms. The summed E-state index contributed by atoms with van der Waals surface area (Å²) in [5.41, 5.74) is 0. The van der Waals surface area contributed by atoms with E-state index < -0.39 is 0 Å². The van der Waals surface area contributed by atoms with E-state index in [1.54, 1.807) is 0 Å². The predicted octanol–water partition coefficient (Wildman–Crippen LogP) is 6.82. The smallest absolute Gasteiger partial charge is 0.0351 e. The Bertz CT molecular complexity index is 188. The first-order chi connectivity index (χ1) is 8.91. The molecule has 0 nitrogen and oxygen atoms in total. The van der Waals surface area contributed by atoms with E-state index in [0.717, 1.165) is 0 Å². The second-order valence-electron chi connectivity index (χ2n) is 5.19. The van der Waals surface area contributed by atoms with Gasteiger partial charge in [0.15, 0.2) is 0 Å². The van der Waals surface area contributed by atoms with Crippen LogP contribution in [0.4, 0.5) is 0 Å². The Morgan fingerprint density at radius 1 is 0.500 bits per heavy atom. The second-order valence-corrected chi connectivity index (χ2v) is 5.19. The van der Waals surface area contributed by atoms with Crippen molar-refractivity contribution in [3.63, 3.8) is 0 Å². The van der Waals surface area contributed by atoms with Gasteiger partial charge in [0.05, 0.1) is 0 Å². The van der Waals surface area contributed by atoms with Gasteiger partial charge in [0.25, 0.3) is 0 Å². The van der Waals surface area contributed by atoms with Gasteiger partial charge < -0.3 is 0 Å². The fraction of sp³-hybridized carbons (Fsp3) is 0.778. The van der Waals surface area contributed by atoms with Gasteiger partial charge in [-0.2, -0.15) is 0 Å². The Kier molecular flexibility index (Phi) is 16.0. The maximum absolute atomic E-state index is 2.39. The summed E-state index contributed by atoms with van der Waals surface area (Å²) in [5, 5.41) is 0. The van der Waals surface area contributed by atoms with Crippen LogP contribution in [0.2, 0.25) is 0 Å². The van der Waals surface area contributed by atoms with Crippen LogP contribution in [0.25, 0.3) is 0 Å². The van der Waals surface area contributed by atoms with Crippen molar-refractivity contribution in [2.45, 2.75) is 90.9 Å². The average molecular weight is 250 g/mol. The van der Waals surface area contributed by atoms with Crippen LogP contribution in [0, 0.1) is 0 Å². The fourth-order valence-electron chi connectivity index (χ4n) is 2.09. The SMILES string of the molecule is CCC=CCCCCCCC=CCCCCCC. The van der Waals surface area contributed by atoms with Crippen LogP contribution in [0.3, 0.4) is 0 Å². The largest absolute Gasteiger partial charge is 0.0888 e. The quantitative estimate of drug-likeness (QED) is 0.248. The van der Waals surface area contributed by atoms with Crippen LogP contribution in [0.5, 0.6) is 0 Å². The summed E-state index contributed by atoms with van der Waals surface area (Å²) in [6.45, 7) is 4.47. The molecule has 106 valence electrons. The molecule has 0 amide bonds. The highest BCUT2D eigenvalue weighted by molar-refractivity contribution is 4.82. The maximum Gasteiger partial charge on any atom is -0.0351 e. The second kappa shape index (κ2) is 16.5. The zero-order valence-electron chi connectivity index (χ0n) is 12.8. The third-order valence-electron chi connectivity index (χ3n) is 3.28. The average Bonchev–Trinajstić information content (AvgIpc) is 2.39. The summed E-state index contributed by atoms with van der Waals surface area (Å²) in [4.78, 5) is 0. The van der Waals surface area contributed by atoms with E-state index in [1.165, 1.54) is 77.0 Å². The zero-order valence-corrected chi connectivity index (χ0v) is 12.8. The summed E-state index contributed by atoms with van der Waals surface area (Å²) < 4.78 is 0. The van der Waals surface area contributed by atoms with Crippen LogP contribution in [0.15, 0.2) is 24.3 Å². The number of unbranched alkanes of at least 4 members (excludes halogenated alkanes) is 9. The molecule has 0 aromatic carbocycles. The van der Waals surface area contributed by atoms with Gasteiger partial charge in [-0.3, -0.25) is 0 Å². The van der Waals surface area contributed by atoms with Gasteiger partial charge in [-0.1, -0.05) is 70.3 Å². The lowest BCUT2D eigenvalue weighted by Gasteiger charge is -1.97. The number of allylic oxidation sites excluding steroid dienone is 4. The van der Waals surface area contributed by atoms with Crippen LogP contribution in [-0.4, -0.2) is 0 Å². The van der Waals surface area contributed by atoms with E-state index in [9.17, 15) is 0 Å². The third-order valence-corrected chi connectivity index (χ3v) is 3.28. The monoisotopic (exact) mass is 250 g/mol. The molecule has 0 fully saturated rings. The van der Waals surface area contributed by atoms with Crippen molar-refractivity contribution in [3.05, 3.63) is 24.3 Å². The summed E-state index contributed by atoms with van der Waals surface area (Å²) in [6.07, 6.45) is 25.5. The lowest BCUT2D eigenvalue weighted by Crippen LogP contribution is -1.77. The van der Waals surface area contributed by atoms with Crippen LogP contribution in [0.1, 0.15) is 90.9 Å². The van der Waals surface area contributed by atoms with Gasteiger partial charge >= 0.3 is 0 Å². The molecule has 0 radical (unpaired) electrons. The molecule has 0 aliphatic heterocycles. The van der Waals surface area contributed by atoms with E-state index in [1.807, 2.05) is 0 Å². The molecule has 0 aromatic rings. The molecule has 0 atom stereocenters. The van der Waals surface area contributed by atoms with Gasteiger partial charge in [0.1, 0.15) is 0 Å². The van der Waals surface area contributed by atoms with E-state index >= 15 is 0 Å². The van der Waals surface area contributed by atoms with E-state index in [2.05, 4.69) is 38.2 Å². The molecule has 0 aromatic heterocycles. The predicted molar refractivity (Wildman–Crippen MR) is 85.0 cm³/mol. The number of rotatable bonds is 13. The maximum atomic E-state index is 2.39. The standard InChI is InChI=1S/C18H34/c1-3-5-7-9-11-13-15-17-18-16-14-12-10-8-6-4-2/h5,7,14,16H,3-4,6,8-13,15,17-18H2,1-2H3. The Labute approximate surface area is 116 Å². The van der Waals surface area contributed by atoms with Crippen molar-refractivity contribution in [1.82, 2.24) is 0 Å². The Hall–Kier alpha value is -0.520. The lowest BCUT2D eigenvalue weighted by atomic mass is 10.1. The Morgan fingerprint density at radius 2 is 0.944 bits per heavy atom. The highest BCUT2D eigenvalue weighted by Crippen LogP contribution is 2.08. The minimum atomic E-state index is 1.18. The third kappa shape index (κ3) is 15.5. The van der Waals surface area contributed by atoms with Gasteiger partial charge in [-0.15, -0.1) is 0 Å². The Balaban J connectivity index is 3.06. The van der Waals surface area contributed by atoms with Crippen molar-refractivity contribution < 1.29 is 0 Å². The first-order valence-corrected chi connectivity index (χ1v) is 8.21. The van der Waals surface area contributed by atoms with Crippen LogP contribution >= 0.6 is 0 Å². The van der Waals surface area contributed by atoms with Crippen molar-refractivity contribution in [2.24, 2.45) is 0 Å². The highest BCUT2D eigenvalue weighted by atomic mass is 13.9. The van der Waals surface area contributed by atoms with Crippen LogP contribution < -0.4 is 0 Å². The van der Waals surface area contributed by atoms with Gasteiger partial charge in [0, 0.05) is 0 Å². The van der Waals surface area contributed by atoms with E-state index in [0.29, 0.717) is 0 Å². The molecular formula is C18H34. The summed E-state index contributed by atoms with van der Waals surface area (Å²) >= 11 is 0. The first kappa shape index (κ1) is 17.5. The Morgan fingerprint density at radius 3 is 1.39 bits per heavy atom.